The topological polar surface area (TPSA) is 98.7 Å². The molecule has 3 aromatic rings. The molecule has 0 saturated heterocycles. The molecule has 0 bridgehead atoms. The lowest BCUT2D eigenvalue weighted by molar-refractivity contribution is -0.116. The van der Waals surface area contributed by atoms with Gasteiger partial charge in [-0.3, -0.25) is 4.79 Å². The van der Waals surface area contributed by atoms with Crippen molar-refractivity contribution >= 4 is 29.8 Å². The zero-order chi connectivity index (χ0) is 18.5. The van der Waals surface area contributed by atoms with Crippen LogP contribution in [-0.4, -0.2) is 25.7 Å². The van der Waals surface area contributed by atoms with E-state index in [1.54, 1.807) is 23.1 Å². The largest absolute Gasteiger partial charge is 0.399 e. The van der Waals surface area contributed by atoms with Crippen molar-refractivity contribution in [1.29, 1.82) is 0 Å². The summed E-state index contributed by atoms with van der Waals surface area (Å²) in [4.78, 5) is 20.9. The second kappa shape index (κ2) is 9.14. The summed E-state index contributed by atoms with van der Waals surface area (Å²) in [6.45, 7) is 4.09. The molecule has 8 heteroatoms. The Labute approximate surface area is 164 Å². The quantitative estimate of drug-likeness (QED) is 0.633. The van der Waals surface area contributed by atoms with E-state index < -0.39 is 0 Å². The Morgan fingerprint density at radius 3 is 2.56 bits per heavy atom. The summed E-state index contributed by atoms with van der Waals surface area (Å²) in [5.41, 5.74) is 8.46. The number of nitrogens with zero attached hydrogens (tertiary/aromatic N) is 4. The van der Waals surface area contributed by atoms with Gasteiger partial charge in [-0.2, -0.15) is 9.78 Å². The van der Waals surface area contributed by atoms with E-state index in [1.165, 1.54) is 0 Å². The van der Waals surface area contributed by atoms with Crippen molar-refractivity contribution in [2.24, 2.45) is 0 Å². The molecular formula is C19H23ClN6O. The number of carbonyl (C=O) groups excluding carboxylic acids is 1. The van der Waals surface area contributed by atoms with Crippen LogP contribution in [0.4, 0.5) is 11.5 Å². The number of benzene rings is 1. The van der Waals surface area contributed by atoms with E-state index in [4.69, 9.17) is 5.73 Å². The van der Waals surface area contributed by atoms with Crippen molar-refractivity contribution in [3.8, 4) is 5.95 Å². The molecule has 1 amide bonds. The summed E-state index contributed by atoms with van der Waals surface area (Å²) >= 11 is 0. The minimum atomic E-state index is -0.111. The fourth-order valence-corrected chi connectivity index (χ4v) is 2.54. The Balaban J connectivity index is 0.00000261. The van der Waals surface area contributed by atoms with Crippen LogP contribution in [-0.2, 0) is 11.2 Å². The number of anilines is 2. The summed E-state index contributed by atoms with van der Waals surface area (Å²) in [5.74, 6) is 1.09. The summed E-state index contributed by atoms with van der Waals surface area (Å²) in [6, 6.07) is 11.2. The minimum absolute atomic E-state index is 0. The first-order chi connectivity index (χ1) is 12.5. The van der Waals surface area contributed by atoms with E-state index in [2.05, 4.69) is 20.4 Å². The Hall–Kier alpha value is -2.93. The molecule has 0 fully saturated rings. The molecule has 0 aliphatic heterocycles. The van der Waals surface area contributed by atoms with E-state index in [1.807, 2.05) is 44.2 Å². The maximum atomic E-state index is 12.4. The maximum absolute atomic E-state index is 12.4. The van der Waals surface area contributed by atoms with Gasteiger partial charge in [0, 0.05) is 30.6 Å². The van der Waals surface area contributed by atoms with Crippen molar-refractivity contribution in [2.75, 3.05) is 11.1 Å². The maximum Gasteiger partial charge on any atom is 0.252 e. The van der Waals surface area contributed by atoms with Crippen molar-refractivity contribution in [3.63, 3.8) is 0 Å². The number of aromatic nitrogens is 4. The fourth-order valence-electron chi connectivity index (χ4n) is 2.54. The molecule has 2 aromatic heterocycles. The zero-order valence-electron chi connectivity index (χ0n) is 15.3. The van der Waals surface area contributed by atoms with Crippen LogP contribution in [0.25, 0.3) is 5.95 Å². The molecule has 0 atom stereocenters. The number of rotatable bonds is 6. The number of hydrogen-bond acceptors (Lipinski definition) is 5. The second-order valence-electron chi connectivity index (χ2n) is 6.32. The molecule has 142 valence electrons. The standard InChI is InChI=1S/C19H22N6O.ClH/c1-13(2)16-12-17(25(24-16)19-21-10-5-11-22-19)23-18(26)9-8-14-6-3-4-7-15(14)20;/h3-7,10-13H,8-9,20H2,1-2H3,(H,23,26);1H. The molecule has 3 N–H and O–H groups in total. The van der Waals surface area contributed by atoms with E-state index in [0.717, 1.165) is 11.3 Å². The van der Waals surface area contributed by atoms with Gasteiger partial charge in [0.25, 0.3) is 5.95 Å². The van der Waals surface area contributed by atoms with Gasteiger partial charge in [0.15, 0.2) is 0 Å². The summed E-state index contributed by atoms with van der Waals surface area (Å²) in [7, 11) is 0. The number of aryl methyl sites for hydroxylation is 1. The monoisotopic (exact) mass is 386 g/mol. The number of halogens is 1. The van der Waals surface area contributed by atoms with Gasteiger partial charge in [-0.1, -0.05) is 32.0 Å². The number of para-hydroxylation sites is 1. The molecule has 0 spiro atoms. The van der Waals surface area contributed by atoms with Crippen LogP contribution in [0.15, 0.2) is 48.8 Å². The van der Waals surface area contributed by atoms with Crippen LogP contribution in [0.3, 0.4) is 0 Å². The number of amides is 1. The fraction of sp³-hybridized carbons (Fsp3) is 0.263. The number of nitrogens with one attached hydrogen (secondary N) is 1. The average molecular weight is 387 g/mol. The van der Waals surface area contributed by atoms with Gasteiger partial charge in [-0.25, -0.2) is 9.97 Å². The lowest BCUT2D eigenvalue weighted by Crippen LogP contribution is -2.16. The average Bonchev–Trinajstić information content (AvgIpc) is 3.06. The smallest absolute Gasteiger partial charge is 0.252 e. The summed E-state index contributed by atoms with van der Waals surface area (Å²) in [5, 5.41) is 7.44. The number of carbonyl (C=O) groups is 1. The predicted octanol–water partition coefficient (Wildman–Crippen LogP) is 3.36. The van der Waals surface area contributed by atoms with Gasteiger partial charge in [-0.15, -0.1) is 12.4 Å². The molecule has 0 unspecified atom stereocenters. The first-order valence-corrected chi connectivity index (χ1v) is 8.55. The van der Waals surface area contributed by atoms with Crippen LogP contribution in [0, 0.1) is 0 Å². The molecule has 7 nitrogen and oxygen atoms in total. The van der Waals surface area contributed by atoms with Gasteiger partial charge >= 0.3 is 0 Å². The van der Waals surface area contributed by atoms with Gasteiger partial charge < -0.3 is 11.1 Å². The van der Waals surface area contributed by atoms with E-state index in [9.17, 15) is 4.79 Å². The first-order valence-electron chi connectivity index (χ1n) is 8.55. The van der Waals surface area contributed by atoms with Crippen molar-refractivity contribution in [3.05, 3.63) is 60.0 Å². The Morgan fingerprint density at radius 1 is 1.19 bits per heavy atom. The molecular weight excluding hydrogens is 364 g/mol. The number of hydrogen-bond donors (Lipinski definition) is 2. The summed E-state index contributed by atoms with van der Waals surface area (Å²) < 4.78 is 1.56. The van der Waals surface area contributed by atoms with Crippen LogP contribution < -0.4 is 11.1 Å². The Kier molecular flexibility index (Phi) is 6.90. The van der Waals surface area contributed by atoms with Crippen molar-refractivity contribution in [2.45, 2.75) is 32.6 Å². The third kappa shape index (κ3) is 5.04. The molecule has 2 heterocycles. The van der Waals surface area contributed by atoms with E-state index in [0.29, 0.717) is 30.3 Å². The predicted molar refractivity (Wildman–Crippen MR) is 108 cm³/mol. The van der Waals surface area contributed by atoms with Crippen LogP contribution in [0.2, 0.25) is 0 Å². The SMILES string of the molecule is CC(C)c1cc(NC(=O)CCc2ccccc2N)n(-c2ncccn2)n1.Cl. The lowest BCUT2D eigenvalue weighted by Gasteiger charge is -2.08. The Morgan fingerprint density at radius 2 is 1.89 bits per heavy atom. The number of nitrogens with two attached hydrogens (primary N) is 1. The molecule has 0 radical (unpaired) electrons. The highest BCUT2D eigenvalue weighted by atomic mass is 35.5. The zero-order valence-corrected chi connectivity index (χ0v) is 16.1. The molecule has 3 rings (SSSR count). The first kappa shape index (κ1) is 20.4. The lowest BCUT2D eigenvalue weighted by atomic mass is 10.1. The van der Waals surface area contributed by atoms with Crippen LogP contribution in [0.1, 0.15) is 37.4 Å². The third-order valence-corrected chi connectivity index (χ3v) is 4.01. The van der Waals surface area contributed by atoms with E-state index in [-0.39, 0.29) is 24.2 Å². The van der Waals surface area contributed by atoms with Gasteiger partial charge in [-0.05, 0) is 30.0 Å². The van der Waals surface area contributed by atoms with Crippen molar-refractivity contribution < 1.29 is 4.79 Å². The van der Waals surface area contributed by atoms with Crippen LogP contribution >= 0.6 is 12.4 Å². The highest BCUT2D eigenvalue weighted by Crippen LogP contribution is 2.21. The molecule has 1 aromatic carbocycles. The molecule has 0 saturated carbocycles. The summed E-state index contributed by atoms with van der Waals surface area (Å²) in [6.07, 6.45) is 4.18. The van der Waals surface area contributed by atoms with Crippen LogP contribution in [0.5, 0.6) is 0 Å². The number of nitrogen functional groups attached to an aromatic ring is 1. The van der Waals surface area contributed by atoms with Gasteiger partial charge in [0.2, 0.25) is 5.91 Å². The second-order valence-corrected chi connectivity index (χ2v) is 6.32. The van der Waals surface area contributed by atoms with Gasteiger partial charge in [0.1, 0.15) is 5.82 Å². The highest BCUT2D eigenvalue weighted by Gasteiger charge is 2.16. The molecule has 0 aliphatic carbocycles. The van der Waals surface area contributed by atoms with Gasteiger partial charge in [0.05, 0.1) is 5.69 Å². The molecule has 0 aliphatic rings. The Bertz CT molecular complexity index is 894. The molecule has 27 heavy (non-hydrogen) atoms. The minimum Gasteiger partial charge on any atom is -0.399 e. The normalized spacial score (nSPS) is 10.5. The third-order valence-electron chi connectivity index (χ3n) is 4.01. The highest BCUT2D eigenvalue weighted by molar-refractivity contribution is 5.90. The van der Waals surface area contributed by atoms with E-state index >= 15 is 0 Å². The van der Waals surface area contributed by atoms with Crippen molar-refractivity contribution in [1.82, 2.24) is 19.7 Å².